The summed E-state index contributed by atoms with van der Waals surface area (Å²) in [5, 5.41) is 0. The van der Waals surface area contributed by atoms with Gasteiger partial charge in [0, 0.05) is 17.8 Å². The average Bonchev–Trinajstić information content (AvgIpc) is 2.32. The van der Waals surface area contributed by atoms with Crippen molar-refractivity contribution in [2.24, 2.45) is 0 Å². The van der Waals surface area contributed by atoms with Gasteiger partial charge in [0.05, 0.1) is 6.61 Å². The molecule has 0 amide bonds. The predicted molar refractivity (Wildman–Crippen MR) is 81.5 cm³/mol. The molecule has 0 fully saturated rings. The Balaban J connectivity index is 2.56. The summed E-state index contributed by atoms with van der Waals surface area (Å²) < 4.78 is 5.65. The quantitative estimate of drug-likeness (QED) is 0.731. The van der Waals surface area contributed by atoms with E-state index in [0.717, 1.165) is 43.1 Å². The van der Waals surface area contributed by atoms with Crippen LogP contribution in [-0.2, 0) is 6.54 Å². The number of benzene rings is 1. The largest absolute Gasteiger partial charge is 0.494 e. The van der Waals surface area contributed by atoms with Crippen molar-refractivity contribution in [2.75, 3.05) is 46.6 Å². The van der Waals surface area contributed by atoms with Gasteiger partial charge in [0.1, 0.15) is 5.75 Å². The van der Waals surface area contributed by atoms with E-state index in [1.54, 1.807) is 0 Å². The van der Waals surface area contributed by atoms with E-state index in [2.05, 4.69) is 30.9 Å². The monoisotopic (exact) mass is 265 g/mol. The minimum atomic E-state index is 0.682. The normalized spacial score (nSPS) is 11.3. The predicted octanol–water partition coefficient (Wildman–Crippen LogP) is 2.05. The van der Waals surface area contributed by atoms with Crippen molar-refractivity contribution in [1.82, 2.24) is 9.80 Å². The Hall–Kier alpha value is -1.26. The zero-order valence-electron chi connectivity index (χ0n) is 12.6. The summed E-state index contributed by atoms with van der Waals surface area (Å²) in [6, 6.07) is 5.86. The van der Waals surface area contributed by atoms with E-state index in [9.17, 15) is 0 Å². The van der Waals surface area contributed by atoms with Crippen molar-refractivity contribution in [3.05, 3.63) is 23.8 Å². The Morgan fingerprint density at radius 3 is 2.53 bits per heavy atom. The molecule has 0 unspecified atom stereocenters. The van der Waals surface area contributed by atoms with Gasteiger partial charge in [0.2, 0.25) is 0 Å². The third-order valence-electron chi connectivity index (χ3n) is 2.97. The molecule has 0 aromatic heterocycles. The summed E-state index contributed by atoms with van der Waals surface area (Å²) in [5.74, 6) is 0.941. The average molecular weight is 265 g/mol. The third kappa shape index (κ3) is 5.94. The van der Waals surface area contributed by atoms with Gasteiger partial charge < -0.3 is 20.3 Å². The van der Waals surface area contributed by atoms with Gasteiger partial charge in [-0.15, -0.1) is 0 Å². The van der Waals surface area contributed by atoms with E-state index in [1.807, 2.05) is 25.1 Å². The molecule has 0 aliphatic carbocycles. The highest BCUT2D eigenvalue weighted by atomic mass is 16.5. The first-order valence-electron chi connectivity index (χ1n) is 6.87. The Morgan fingerprint density at radius 2 is 1.89 bits per heavy atom. The number of hydrogen-bond acceptors (Lipinski definition) is 4. The van der Waals surface area contributed by atoms with Crippen LogP contribution in [0.5, 0.6) is 5.75 Å². The lowest BCUT2D eigenvalue weighted by atomic mass is 10.1. The van der Waals surface area contributed by atoms with E-state index in [0.29, 0.717) is 6.61 Å². The first-order valence-corrected chi connectivity index (χ1v) is 6.87. The molecule has 108 valence electrons. The zero-order chi connectivity index (χ0) is 14.3. The van der Waals surface area contributed by atoms with Crippen LogP contribution in [-0.4, -0.2) is 50.6 Å². The highest BCUT2D eigenvalue weighted by Gasteiger charge is 2.07. The molecule has 0 bridgehead atoms. The fourth-order valence-electron chi connectivity index (χ4n) is 2.05. The van der Waals surface area contributed by atoms with Crippen molar-refractivity contribution in [1.29, 1.82) is 0 Å². The van der Waals surface area contributed by atoms with E-state index in [4.69, 9.17) is 10.5 Å². The van der Waals surface area contributed by atoms with Crippen LogP contribution in [0.15, 0.2) is 18.2 Å². The Morgan fingerprint density at radius 1 is 1.16 bits per heavy atom. The second-order valence-electron chi connectivity index (χ2n) is 5.19. The van der Waals surface area contributed by atoms with Gasteiger partial charge in [-0.25, -0.2) is 0 Å². The van der Waals surface area contributed by atoms with Crippen LogP contribution in [0.4, 0.5) is 5.69 Å². The minimum absolute atomic E-state index is 0.682. The maximum absolute atomic E-state index is 5.86. The molecule has 0 heterocycles. The van der Waals surface area contributed by atoms with E-state index in [-0.39, 0.29) is 0 Å². The number of anilines is 1. The summed E-state index contributed by atoms with van der Waals surface area (Å²) in [4.78, 5) is 4.51. The fraction of sp³-hybridized carbons (Fsp3) is 0.600. The maximum atomic E-state index is 5.86. The van der Waals surface area contributed by atoms with E-state index < -0.39 is 0 Å². The molecule has 4 heteroatoms. The highest BCUT2D eigenvalue weighted by Crippen LogP contribution is 2.22. The van der Waals surface area contributed by atoms with Crippen molar-refractivity contribution in [3.63, 3.8) is 0 Å². The van der Waals surface area contributed by atoms with Crippen LogP contribution < -0.4 is 10.5 Å². The standard InChI is InChI=1S/C15H27N3O/c1-5-19-15-8-7-14(16)11-13(15)12-18(4)10-6-9-17(2)3/h7-8,11H,5-6,9-10,12,16H2,1-4H3. The fourth-order valence-corrected chi connectivity index (χ4v) is 2.05. The summed E-state index contributed by atoms with van der Waals surface area (Å²) in [6.45, 7) is 5.73. The van der Waals surface area contributed by atoms with Crippen molar-refractivity contribution < 1.29 is 4.74 Å². The molecular formula is C15H27N3O. The smallest absolute Gasteiger partial charge is 0.123 e. The zero-order valence-corrected chi connectivity index (χ0v) is 12.6. The number of rotatable bonds is 8. The number of nitrogens with zero attached hydrogens (tertiary/aromatic N) is 2. The second kappa shape index (κ2) is 8.02. The van der Waals surface area contributed by atoms with Gasteiger partial charge in [-0.2, -0.15) is 0 Å². The lowest BCUT2D eigenvalue weighted by Crippen LogP contribution is -2.23. The summed E-state index contributed by atoms with van der Waals surface area (Å²) in [5.41, 5.74) is 7.81. The van der Waals surface area contributed by atoms with E-state index in [1.165, 1.54) is 0 Å². The minimum Gasteiger partial charge on any atom is -0.494 e. The van der Waals surface area contributed by atoms with Crippen LogP contribution in [0.1, 0.15) is 18.9 Å². The molecule has 0 aliphatic heterocycles. The molecule has 1 aromatic rings. The van der Waals surface area contributed by atoms with E-state index >= 15 is 0 Å². The lowest BCUT2D eigenvalue weighted by Gasteiger charge is -2.20. The third-order valence-corrected chi connectivity index (χ3v) is 2.97. The van der Waals surface area contributed by atoms with Crippen LogP contribution in [0, 0.1) is 0 Å². The van der Waals surface area contributed by atoms with Gasteiger partial charge in [-0.05, 0) is 65.8 Å². The number of nitrogen functional groups attached to an aromatic ring is 1. The Labute approximate surface area is 117 Å². The van der Waals surface area contributed by atoms with Crippen LogP contribution in [0.2, 0.25) is 0 Å². The number of nitrogens with two attached hydrogens (primary N) is 1. The van der Waals surface area contributed by atoms with Crippen molar-refractivity contribution in [2.45, 2.75) is 19.9 Å². The maximum Gasteiger partial charge on any atom is 0.123 e. The summed E-state index contributed by atoms with van der Waals surface area (Å²) in [6.07, 6.45) is 1.16. The molecule has 4 nitrogen and oxygen atoms in total. The van der Waals surface area contributed by atoms with Crippen LogP contribution in [0.25, 0.3) is 0 Å². The molecule has 0 aliphatic rings. The molecule has 0 radical (unpaired) electrons. The van der Waals surface area contributed by atoms with Gasteiger partial charge in [-0.3, -0.25) is 0 Å². The first-order chi connectivity index (χ1) is 9.02. The van der Waals surface area contributed by atoms with Gasteiger partial charge in [-0.1, -0.05) is 0 Å². The second-order valence-corrected chi connectivity index (χ2v) is 5.19. The van der Waals surface area contributed by atoms with Crippen molar-refractivity contribution >= 4 is 5.69 Å². The molecule has 19 heavy (non-hydrogen) atoms. The Kier molecular flexibility index (Phi) is 6.67. The summed E-state index contributed by atoms with van der Waals surface area (Å²) >= 11 is 0. The van der Waals surface area contributed by atoms with Gasteiger partial charge in [0.15, 0.2) is 0 Å². The molecule has 1 rings (SSSR count). The topological polar surface area (TPSA) is 41.7 Å². The molecule has 0 saturated heterocycles. The van der Waals surface area contributed by atoms with Gasteiger partial charge >= 0.3 is 0 Å². The lowest BCUT2D eigenvalue weighted by molar-refractivity contribution is 0.284. The van der Waals surface area contributed by atoms with Crippen LogP contribution in [0.3, 0.4) is 0 Å². The van der Waals surface area contributed by atoms with Gasteiger partial charge in [0.25, 0.3) is 0 Å². The molecule has 0 saturated carbocycles. The highest BCUT2D eigenvalue weighted by molar-refractivity contribution is 5.47. The number of ether oxygens (including phenoxy) is 1. The molecule has 1 aromatic carbocycles. The Bertz CT molecular complexity index is 380. The first kappa shape index (κ1) is 15.8. The molecule has 0 atom stereocenters. The SMILES string of the molecule is CCOc1ccc(N)cc1CN(C)CCCN(C)C. The summed E-state index contributed by atoms with van der Waals surface area (Å²) in [7, 11) is 6.34. The van der Waals surface area contributed by atoms with Crippen molar-refractivity contribution in [3.8, 4) is 5.75 Å². The van der Waals surface area contributed by atoms with Crippen LogP contribution >= 0.6 is 0 Å². The number of hydrogen-bond donors (Lipinski definition) is 1. The molecular weight excluding hydrogens is 238 g/mol. The molecule has 2 N–H and O–H groups in total. The molecule has 0 spiro atoms.